The highest BCUT2D eigenvalue weighted by Gasteiger charge is 2.35. The van der Waals surface area contributed by atoms with Gasteiger partial charge < -0.3 is 0 Å². The number of carbonyl (C=O) groups excluding carboxylic acids is 1. The number of allylic oxidation sites excluding steroid dienone is 1. The molecule has 1 nitrogen and oxygen atoms in total. The molecule has 0 radical (unpaired) electrons. The predicted octanol–water partition coefficient (Wildman–Crippen LogP) is 3.52. The first-order valence-electron chi connectivity index (χ1n) is 4.77. The monoisotopic (exact) mass is 200 g/mol. The van der Waals surface area contributed by atoms with Crippen LogP contribution in [0.5, 0.6) is 0 Å². The summed E-state index contributed by atoms with van der Waals surface area (Å²) in [6.45, 7) is 8.12. The Bertz CT molecular complexity index is 228. The average Bonchev–Trinajstić information content (AvgIpc) is 1.97. The third-order valence-corrected chi connectivity index (χ3v) is 3.25. The van der Waals surface area contributed by atoms with E-state index in [1.165, 1.54) is 0 Å². The van der Waals surface area contributed by atoms with Crippen molar-refractivity contribution in [1.29, 1.82) is 0 Å². The molecule has 1 saturated carbocycles. The van der Waals surface area contributed by atoms with E-state index < -0.39 is 0 Å². The van der Waals surface area contributed by atoms with Crippen LogP contribution >= 0.6 is 11.6 Å². The molecule has 0 bridgehead atoms. The van der Waals surface area contributed by atoms with Crippen LogP contribution in [0, 0.1) is 11.3 Å². The van der Waals surface area contributed by atoms with Crippen LogP contribution in [-0.2, 0) is 4.79 Å². The quantitative estimate of drug-likeness (QED) is 0.667. The van der Waals surface area contributed by atoms with Gasteiger partial charge in [0.25, 0.3) is 0 Å². The summed E-state index contributed by atoms with van der Waals surface area (Å²) >= 11 is 5.78. The topological polar surface area (TPSA) is 17.1 Å². The van der Waals surface area contributed by atoms with Gasteiger partial charge in [0, 0.05) is 17.9 Å². The summed E-state index contributed by atoms with van der Waals surface area (Å²) in [6, 6.07) is 0. The lowest BCUT2D eigenvalue weighted by molar-refractivity contribution is -0.124. The van der Waals surface area contributed by atoms with Crippen LogP contribution in [0.1, 0.15) is 39.5 Å². The SMILES string of the molecule is C=C(Cl)CC1CC(=O)CCC1(C)C. The van der Waals surface area contributed by atoms with Crippen molar-refractivity contribution in [2.24, 2.45) is 11.3 Å². The lowest BCUT2D eigenvalue weighted by Crippen LogP contribution is -2.32. The lowest BCUT2D eigenvalue weighted by Gasteiger charge is -2.37. The van der Waals surface area contributed by atoms with Crippen molar-refractivity contribution < 1.29 is 4.79 Å². The molecule has 13 heavy (non-hydrogen) atoms. The lowest BCUT2D eigenvalue weighted by atomic mass is 9.67. The number of Topliss-reactive ketones (excluding diaryl/α,β-unsaturated/α-hetero) is 1. The highest BCUT2D eigenvalue weighted by molar-refractivity contribution is 6.29. The molecule has 0 aliphatic heterocycles. The number of hydrogen-bond donors (Lipinski definition) is 0. The number of hydrogen-bond acceptors (Lipinski definition) is 1. The standard InChI is InChI=1S/C11H17ClO/c1-8(12)6-9-7-10(13)4-5-11(9,2)3/h9H,1,4-7H2,2-3H3. The number of ketones is 1. The maximum atomic E-state index is 11.3. The Morgan fingerprint density at radius 2 is 2.31 bits per heavy atom. The minimum atomic E-state index is 0.242. The van der Waals surface area contributed by atoms with Crippen molar-refractivity contribution in [3.05, 3.63) is 11.6 Å². The summed E-state index contributed by atoms with van der Waals surface area (Å²) in [4.78, 5) is 11.3. The Kier molecular flexibility index (Phi) is 3.18. The molecule has 1 unspecified atom stereocenters. The fourth-order valence-electron chi connectivity index (χ4n) is 1.93. The van der Waals surface area contributed by atoms with Gasteiger partial charge in [-0.25, -0.2) is 0 Å². The molecule has 0 spiro atoms. The van der Waals surface area contributed by atoms with E-state index >= 15 is 0 Å². The fourth-order valence-corrected chi connectivity index (χ4v) is 2.12. The van der Waals surface area contributed by atoms with Crippen molar-refractivity contribution >= 4 is 17.4 Å². The zero-order valence-corrected chi connectivity index (χ0v) is 9.16. The van der Waals surface area contributed by atoms with E-state index in [-0.39, 0.29) is 5.41 Å². The summed E-state index contributed by atoms with van der Waals surface area (Å²) in [7, 11) is 0. The molecule has 1 atom stereocenters. The van der Waals surface area contributed by atoms with Crippen LogP contribution in [0.25, 0.3) is 0 Å². The first kappa shape index (κ1) is 10.8. The third kappa shape index (κ3) is 2.84. The Labute approximate surface area is 85.2 Å². The number of halogens is 1. The molecule has 0 saturated heterocycles. The van der Waals surface area contributed by atoms with Gasteiger partial charge in [-0.05, 0) is 24.2 Å². The Balaban J connectivity index is 2.66. The van der Waals surface area contributed by atoms with Crippen molar-refractivity contribution in [2.45, 2.75) is 39.5 Å². The van der Waals surface area contributed by atoms with Gasteiger partial charge >= 0.3 is 0 Å². The second-order valence-electron chi connectivity index (χ2n) is 4.65. The predicted molar refractivity (Wildman–Crippen MR) is 55.7 cm³/mol. The van der Waals surface area contributed by atoms with E-state index in [2.05, 4.69) is 20.4 Å². The molecule has 1 aliphatic rings. The Morgan fingerprint density at radius 1 is 1.69 bits per heavy atom. The molecular formula is C11H17ClO. The molecule has 0 aromatic rings. The Morgan fingerprint density at radius 3 is 2.85 bits per heavy atom. The summed E-state index contributed by atoms with van der Waals surface area (Å²) in [5, 5.41) is 0.674. The van der Waals surface area contributed by atoms with E-state index in [9.17, 15) is 4.79 Å². The number of carbonyl (C=O) groups is 1. The molecule has 2 heteroatoms. The van der Waals surface area contributed by atoms with Crippen molar-refractivity contribution in [3.8, 4) is 0 Å². The van der Waals surface area contributed by atoms with Crippen molar-refractivity contribution in [1.82, 2.24) is 0 Å². The first-order chi connectivity index (χ1) is 5.92. The van der Waals surface area contributed by atoms with Gasteiger partial charge in [-0.1, -0.05) is 32.0 Å². The largest absolute Gasteiger partial charge is 0.300 e. The van der Waals surface area contributed by atoms with Gasteiger partial charge in [-0.2, -0.15) is 0 Å². The molecule has 0 N–H and O–H groups in total. The maximum Gasteiger partial charge on any atom is 0.133 e. The van der Waals surface area contributed by atoms with Gasteiger partial charge in [0.2, 0.25) is 0 Å². The second kappa shape index (κ2) is 3.83. The molecular weight excluding hydrogens is 184 g/mol. The van der Waals surface area contributed by atoms with Gasteiger partial charge in [0.15, 0.2) is 0 Å². The van der Waals surface area contributed by atoms with Crippen LogP contribution in [0.3, 0.4) is 0 Å². The fraction of sp³-hybridized carbons (Fsp3) is 0.727. The average molecular weight is 201 g/mol. The van der Waals surface area contributed by atoms with E-state index in [1.807, 2.05) is 0 Å². The minimum Gasteiger partial charge on any atom is -0.300 e. The van der Waals surface area contributed by atoms with Crippen LogP contribution in [0.15, 0.2) is 11.6 Å². The normalized spacial score (nSPS) is 27.3. The molecule has 1 aliphatic carbocycles. The minimum absolute atomic E-state index is 0.242. The zero-order valence-electron chi connectivity index (χ0n) is 8.40. The molecule has 0 aromatic heterocycles. The second-order valence-corrected chi connectivity index (χ2v) is 5.18. The molecule has 74 valence electrons. The van der Waals surface area contributed by atoms with E-state index in [0.29, 0.717) is 23.2 Å². The molecule has 1 rings (SSSR count). The molecule has 0 amide bonds. The van der Waals surface area contributed by atoms with E-state index in [0.717, 1.165) is 19.3 Å². The van der Waals surface area contributed by atoms with Crippen LogP contribution < -0.4 is 0 Å². The van der Waals surface area contributed by atoms with Gasteiger partial charge in [0.1, 0.15) is 5.78 Å². The van der Waals surface area contributed by atoms with Gasteiger partial charge in [-0.3, -0.25) is 4.79 Å². The van der Waals surface area contributed by atoms with Crippen molar-refractivity contribution in [3.63, 3.8) is 0 Å². The van der Waals surface area contributed by atoms with Crippen LogP contribution in [0.2, 0.25) is 0 Å². The molecule has 0 aromatic carbocycles. The van der Waals surface area contributed by atoms with Gasteiger partial charge in [-0.15, -0.1) is 0 Å². The maximum absolute atomic E-state index is 11.3. The Hall–Kier alpha value is -0.300. The van der Waals surface area contributed by atoms with Crippen molar-refractivity contribution in [2.75, 3.05) is 0 Å². The number of rotatable bonds is 2. The summed E-state index contributed by atoms with van der Waals surface area (Å²) < 4.78 is 0. The van der Waals surface area contributed by atoms with Crippen LogP contribution in [-0.4, -0.2) is 5.78 Å². The smallest absolute Gasteiger partial charge is 0.133 e. The van der Waals surface area contributed by atoms with E-state index in [4.69, 9.17) is 11.6 Å². The first-order valence-corrected chi connectivity index (χ1v) is 5.14. The zero-order chi connectivity index (χ0) is 10.1. The van der Waals surface area contributed by atoms with Gasteiger partial charge in [0.05, 0.1) is 0 Å². The third-order valence-electron chi connectivity index (χ3n) is 3.10. The van der Waals surface area contributed by atoms with Crippen LogP contribution in [0.4, 0.5) is 0 Å². The molecule has 1 fully saturated rings. The summed E-state index contributed by atoms with van der Waals surface area (Å²) in [6.07, 6.45) is 3.18. The van der Waals surface area contributed by atoms with E-state index in [1.54, 1.807) is 0 Å². The molecule has 0 heterocycles. The summed E-state index contributed by atoms with van der Waals surface area (Å²) in [5.74, 6) is 0.765. The highest BCUT2D eigenvalue weighted by atomic mass is 35.5. The summed E-state index contributed by atoms with van der Waals surface area (Å²) in [5.41, 5.74) is 0.242. The highest BCUT2D eigenvalue weighted by Crippen LogP contribution is 2.42.